The van der Waals surface area contributed by atoms with Crippen LogP contribution < -0.4 is 19.5 Å². The smallest absolute Gasteiger partial charge is 0.254 e. The highest BCUT2D eigenvalue weighted by Crippen LogP contribution is 2.38. The number of nitrogens with one attached hydrogen (secondary N) is 1. The SMILES string of the molecule is C/C(=C\c1ccccc1)CNCCCN1CCC(c2ccccc2)CC1.COc1cc(C(=O)N(CCCN2CCC(c3ccccc3)CC2)C/C(C)=C/c2ccccc2)cc(OC)c1OC. The van der Waals surface area contributed by atoms with Gasteiger partial charge in [0.25, 0.3) is 5.91 Å². The molecule has 8 nitrogen and oxygen atoms in total. The second-order valence-electron chi connectivity index (χ2n) is 17.9. The van der Waals surface area contributed by atoms with Crippen LogP contribution in [0.1, 0.15) is 96.8 Å². The Labute approximate surface area is 396 Å². The molecule has 0 radical (unpaired) electrons. The first kappa shape index (κ1) is 49.8. The van der Waals surface area contributed by atoms with Gasteiger partial charge < -0.3 is 34.2 Å². The average molecular weight is 891 g/mol. The minimum atomic E-state index is -0.0529. The van der Waals surface area contributed by atoms with Crippen molar-refractivity contribution >= 4 is 18.1 Å². The first-order chi connectivity index (χ1) is 32.3. The van der Waals surface area contributed by atoms with E-state index >= 15 is 0 Å². The van der Waals surface area contributed by atoms with Crippen LogP contribution in [0.15, 0.2) is 145 Å². The number of likely N-dealkylation sites (tertiary alicyclic amines) is 2. The first-order valence-corrected chi connectivity index (χ1v) is 24.1. The molecule has 0 unspecified atom stereocenters. The van der Waals surface area contributed by atoms with Crippen LogP contribution in [0.2, 0.25) is 0 Å². The minimum Gasteiger partial charge on any atom is -0.493 e. The van der Waals surface area contributed by atoms with Gasteiger partial charge in [-0.15, -0.1) is 0 Å². The third-order valence-corrected chi connectivity index (χ3v) is 12.9. The monoisotopic (exact) mass is 891 g/mol. The Morgan fingerprint density at radius 3 is 1.50 bits per heavy atom. The maximum atomic E-state index is 13.9. The highest BCUT2D eigenvalue weighted by molar-refractivity contribution is 5.96. The molecule has 5 aromatic rings. The molecule has 0 aromatic heterocycles. The zero-order valence-electron chi connectivity index (χ0n) is 40.3. The molecule has 1 amide bonds. The lowest BCUT2D eigenvalue weighted by Crippen LogP contribution is -2.37. The van der Waals surface area contributed by atoms with E-state index in [2.05, 4.69) is 144 Å². The minimum absolute atomic E-state index is 0.0529. The Morgan fingerprint density at radius 2 is 1.05 bits per heavy atom. The number of methoxy groups -OCH3 is 3. The summed E-state index contributed by atoms with van der Waals surface area (Å²) in [6, 6.07) is 46.1. The molecule has 5 aromatic carbocycles. The van der Waals surface area contributed by atoms with Crippen molar-refractivity contribution in [3.63, 3.8) is 0 Å². The molecular formula is C58H74N4O4. The van der Waals surface area contributed by atoms with E-state index < -0.39 is 0 Å². The van der Waals surface area contributed by atoms with E-state index in [0.717, 1.165) is 56.2 Å². The fourth-order valence-electron chi connectivity index (χ4n) is 9.33. The molecule has 2 fully saturated rings. The van der Waals surface area contributed by atoms with Crippen molar-refractivity contribution in [2.75, 3.05) is 86.8 Å². The molecule has 0 spiro atoms. The standard InChI is InChI=1S/C34H42N2O4.C24H32N2/c1-26(22-27-12-7-5-8-13-27)25-36(34(37)30-23-31(38-2)33(40-4)32(24-30)39-3)19-11-18-35-20-16-29(17-21-35)28-14-9-6-10-15-28;1-21(19-22-9-4-2-5-10-22)20-25-15-8-16-26-17-13-24(14-18-26)23-11-6-3-7-12-23/h5-10,12-15,22-24,29H,11,16-21,25H2,1-4H3;2-7,9-12,19,24-25H,8,13-18,20H2,1H3/b26-22+;21-19+. The van der Waals surface area contributed by atoms with Crippen molar-refractivity contribution in [2.24, 2.45) is 0 Å². The molecule has 66 heavy (non-hydrogen) atoms. The number of ether oxygens (including phenoxy) is 3. The predicted molar refractivity (Wildman–Crippen MR) is 274 cm³/mol. The first-order valence-electron chi connectivity index (χ1n) is 24.1. The highest BCUT2D eigenvalue weighted by Gasteiger charge is 2.24. The Bertz CT molecular complexity index is 2190. The predicted octanol–water partition coefficient (Wildman–Crippen LogP) is 11.5. The van der Waals surface area contributed by atoms with Gasteiger partial charge in [0, 0.05) is 25.2 Å². The average Bonchev–Trinajstić information content (AvgIpc) is 3.37. The Kier molecular flexibility index (Phi) is 20.4. The molecule has 0 bridgehead atoms. The molecule has 2 heterocycles. The second kappa shape index (κ2) is 27.1. The van der Waals surface area contributed by atoms with Crippen LogP contribution in [0.25, 0.3) is 12.2 Å². The summed E-state index contributed by atoms with van der Waals surface area (Å²) in [6.07, 6.45) is 11.5. The number of amides is 1. The molecule has 2 aliphatic rings. The maximum absolute atomic E-state index is 13.9. The summed E-state index contributed by atoms with van der Waals surface area (Å²) < 4.78 is 16.5. The molecule has 0 saturated carbocycles. The summed E-state index contributed by atoms with van der Waals surface area (Å²) in [6.45, 7) is 14.4. The van der Waals surface area contributed by atoms with Crippen molar-refractivity contribution in [2.45, 2.75) is 64.2 Å². The van der Waals surface area contributed by atoms with Crippen LogP contribution in [-0.2, 0) is 0 Å². The van der Waals surface area contributed by atoms with Gasteiger partial charge in [-0.05, 0) is 144 Å². The Hall–Kier alpha value is -5.67. The number of hydrogen-bond donors (Lipinski definition) is 1. The molecular weight excluding hydrogens is 817 g/mol. The third kappa shape index (κ3) is 15.7. The van der Waals surface area contributed by atoms with Crippen LogP contribution in [-0.4, -0.2) is 107 Å². The summed E-state index contributed by atoms with van der Waals surface area (Å²) in [5.41, 5.74) is 8.41. The van der Waals surface area contributed by atoms with Crippen LogP contribution >= 0.6 is 0 Å². The van der Waals surface area contributed by atoms with Gasteiger partial charge in [0.2, 0.25) is 5.75 Å². The van der Waals surface area contributed by atoms with Gasteiger partial charge in [-0.2, -0.15) is 0 Å². The molecule has 0 aliphatic carbocycles. The molecule has 2 saturated heterocycles. The van der Waals surface area contributed by atoms with E-state index in [4.69, 9.17) is 14.2 Å². The van der Waals surface area contributed by atoms with Gasteiger partial charge in [-0.1, -0.05) is 145 Å². The lowest BCUT2D eigenvalue weighted by atomic mass is 9.89. The summed E-state index contributed by atoms with van der Waals surface area (Å²) >= 11 is 0. The molecule has 7 rings (SSSR count). The zero-order valence-corrected chi connectivity index (χ0v) is 40.3. The van der Waals surface area contributed by atoms with Crippen LogP contribution in [0.5, 0.6) is 17.2 Å². The highest BCUT2D eigenvalue weighted by atomic mass is 16.5. The van der Waals surface area contributed by atoms with Crippen molar-refractivity contribution in [1.82, 2.24) is 20.0 Å². The Balaban J connectivity index is 0.000000239. The van der Waals surface area contributed by atoms with Crippen LogP contribution in [0.3, 0.4) is 0 Å². The van der Waals surface area contributed by atoms with Crippen LogP contribution in [0.4, 0.5) is 0 Å². The maximum Gasteiger partial charge on any atom is 0.254 e. The van der Waals surface area contributed by atoms with Crippen molar-refractivity contribution in [1.29, 1.82) is 0 Å². The van der Waals surface area contributed by atoms with E-state index in [1.165, 1.54) is 74.0 Å². The second-order valence-corrected chi connectivity index (χ2v) is 17.9. The fourth-order valence-corrected chi connectivity index (χ4v) is 9.33. The van der Waals surface area contributed by atoms with Gasteiger partial charge in [-0.25, -0.2) is 0 Å². The lowest BCUT2D eigenvalue weighted by molar-refractivity contribution is 0.0759. The normalized spacial score (nSPS) is 15.4. The van der Waals surface area contributed by atoms with E-state index in [0.29, 0.717) is 41.8 Å². The Morgan fingerprint density at radius 1 is 0.606 bits per heavy atom. The number of rotatable bonds is 20. The largest absolute Gasteiger partial charge is 0.493 e. The van der Waals surface area contributed by atoms with Gasteiger partial charge >= 0.3 is 0 Å². The summed E-state index contributed by atoms with van der Waals surface area (Å²) in [5.74, 6) is 2.78. The van der Waals surface area contributed by atoms with E-state index in [-0.39, 0.29) is 5.91 Å². The zero-order chi connectivity index (χ0) is 46.4. The van der Waals surface area contributed by atoms with Crippen molar-refractivity contribution in [3.05, 3.63) is 172 Å². The van der Waals surface area contributed by atoms with Gasteiger partial charge in [0.05, 0.1) is 21.3 Å². The quantitative estimate of drug-likeness (QED) is 0.0781. The topological polar surface area (TPSA) is 66.5 Å². The number of carbonyl (C=O) groups is 1. The number of nitrogens with zero attached hydrogens (tertiary/aromatic N) is 3. The fraction of sp³-hybridized carbons (Fsp3) is 0.397. The molecule has 0 atom stereocenters. The van der Waals surface area contributed by atoms with Gasteiger partial charge in [-0.3, -0.25) is 4.79 Å². The van der Waals surface area contributed by atoms with Gasteiger partial charge in [0.1, 0.15) is 0 Å². The van der Waals surface area contributed by atoms with E-state index in [1.54, 1.807) is 33.5 Å². The van der Waals surface area contributed by atoms with Gasteiger partial charge in [0.15, 0.2) is 11.5 Å². The molecule has 350 valence electrons. The molecule has 2 aliphatic heterocycles. The summed E-state index contributed by atoms with van der Waals surface area (Å²) in [4.78, 5) is 21.0. The van der Waals surface area contributed by atoms with Crippen molar-refractivity contribution < 1.29 is 19.0 Å². The molecule has 1 N–H and O–H groups in total. The molecule has 8 heteroatoms. The number of piperidine rings is 2. The number of benzene rings is 5. The number of hydrogen-bond acceptors (Lipinski definition) is 7. The lowest BCUT2D eigenvalue weighted by Gasteiger charge is -2.33. The van der Waals surface area contributed by atoms with E-state index in [9.17, 15) is 4.79 Å². The van der Waals surface area contributed by atoms with Crippen molar-refractivity contribution in [3.8, 4) is 17.2 Å². The summed E-state index contributed by atoms with van der Waals surface area (Å²) in [7, 11) is 4.70. The summed E-state index contributed by atoms with van der Waals surface area (Å²) in [5, 5.41) is 3.58. The van der Waals surface area contributed by atoms with E-state index in [1.807, 2.05) is 23.1 Å². The number of carbonyl (C=O) groups excluding carboxylic acids is 1. The van der Waals surface area contributed by atoms with Crippen LogP contribution in [0, 0.1) is 0 Å². The third-order valence-electron chi connectivity index (χ3n) is 12.9.